The second kappa shape index (κ2) is 5.04. The summed E-state index contributed by atoms with van der Waals surface area (Å²) in [5.41, 5.74) is 2.88. The Morgan fingerprint density at radius 2 is 1.84 bits per heavy atom. The van der Waals surface area contributed by atoms with E-state index in [0.717, 1.165) is 17.0 Å². The fourth-order valence-corrected chi connectivity index (χ4v) is 2.33. The first-order chi connectivity index (χ1) is 8.90. The summed E-state index contributed by atoms with van der Waals surface area (Å²) in [7, 11) is 3.62. The van der Waals surface area contributed by atoms with Crippen molar-refractivity contribution in [2.75, 3.05) is 0 Å². The lowest BCUT2D eigenvalue weighted by Crippen LogP contribution is -2.10. The van der Waals surface area contributed by atoms with Crippen LogP contribution in [0.5, 0.6) is 11.8 Å². The number of hydrogen-bond acceptors (Lipinski definition) is 5. The molecule has 2 aromatic heterocycles. The van der Waals surface area contributed by atoms with Gasteiger partial charge in [0.2, 0.25) is 0 Å². The summed E-state index contributed by atoms with van der Waals surface area (Å²) in [4.78, 5) is 3.82. The van der Waals surface area contributed by atoms with Crippen molar-refractivity contribution in [2.45, 2.75) is 20.8 Å². The third-order valence-electron chi connectivity index (χ3n) is 3.09. The van der Waals surface area contributed by atoms with E-state index in [1.807, 2.05) is 32.4 Å². The normalized spacial score (nSPS) is 12.5. The van der Waals surface area contributed by atoms with Gasteiger partial charge in [0.15, 0.2) is 5.75 Å². The molecule has 0 aliphatic carbocycles. The zero-order valence-corrected chi connectivity index (χ0v) is 12.3. The Labute approximate surface area is 114 Å². The Morgan fingerprint density at radius 1 is 1.16 bits per heavy atom. The van der Waals surface area contributed by atoms with Crippen molar-refractivity contribution in [1.82, 2.24) is 19.3 Å². The maximum atomic E-state index is 11.8. The molecule has 2 heterocycles. The van der Waals surface area contributed by atoms with Crippen molar-refractivity contribution in [3.05, 3.63) is 23.3 Å². The highest BCUT2D eigenvalue weighted by Gasteiger charge is 2.18. The SMILES string of the molecule is Cc1c(OS(=O)Oc2ncn(C)n2)c(C)n(C)c1C. The average molecular weight is 284 g/mol. The molecule has 1 atom stereocenters. The number of aromatic nitrogens is 4. The summed E-state index contributed by atoms with van der Waals surface area (Å²) in [6.07, 6.45) is 1.45. The fourth-order valence-electron chi connectivity index (χ4n) is 1.72. The Hall–Kier alpha value is -1.83. The standard InChI is InChI=1S/C11H16N4O3S/c1-7-8(2)15(5)9(3)10(7)17-19(16)18-11-12-6-14(4)13-11/h6H,1-5H3. The minimum absolute atomic E-state index is 0.0174. The van der Waals surface area contributed by atoms with E-state index >= 15 is 0 Å². The number of hydrogen-bond donors (Lipinski definition) is 0. The summed E-state index contributed by atoms with van der Waals surface area (Å²) < 4.78 is 25.5. The van der Waals surface area contributed by atoms with Crippen LogP contribution >= 0.6 is 0 Å². The van der Waals surface area contributed by atoms with Crippen molar-refractivity contribution in [2.24, 2.45) is 14.1 Å². The molecule has 0 aliphatic rings. The number of rotatable bonds is 4. The molecule has 8 heteroatoms. The third kappa shape index (κ3) is 2.62. The van der Waals surface area contributed by atoms with Gasteiger partial charge in [-0.25, -0.2) is 0 Å². The molecule has 2 rings (SSSR count). The summed E-state index contributed by atoms with van der Waals surface area (Å²) in [6.45, 7) is 5.78. The van der Waals surface area contributed by atoms with Crippen molar-refractivity contribution in [1.29, 1.82) is 0 Å². The third-order valence-corrected chi connectivity index (χ3v) is 3.68. The van der Waals surface area contributed by atoms with Crippen LogP contribution < -0.4 is 8.37 Å². The van der Waals surface area contributed by atoms with Crippen LogP contribution in [0.1, 0.15) is 17.0 Å². The highest BCUT2D eigenvalue weighted by molar-refractivity contribution is 7.75. The Bertz CT molecular complexity index is 607. The Balaban J connectivity index is 2.13. The predicted octanol–water partition coefficient (Wildman–Crippen LogP) is 1.12. The van der Waals surface area contributed by atoms with Gasteiger partial charge in [0.1, 0.15) is 6.33 Å². The van der Waals surface area contributed by atoms with Crippen molar-refractivity contribution in [3.8, 4) is 11.8 Å². The number of nitrogens with zero attached hydrogens (tertiary/aromatic N) is 4. The summed E-state index contributed by atoms with van der Waals surface area (Å²) in [5.74, 6) is 0.564. The number of aryl methyl sites for hydroxylation is 1. The lowest BCUT2D eigenvalue weighted by Gasteiger charge is -2.04. The van der Waals surface area contributed by atoms with Crippen LogP contribution in [0.2, 0.25) is 0 Å². The molecule has 0 N–H and O–H groups in total. The second-order valence-corrected chi connectivity index (χ2v) is 5.00. The summed E-state index contributed by atoms with van der Waals surface area (Å²) in [6, 6.07) is 0.0174. The topological polar surface area (TPSA) is 71.2 Å². The van der Waals surface area contributed by atoms with Crippen LogP contribution in [0.25, 0.3) is 0 Å². The van der Waals surface area contributed by atoms with Crippen LogP contribution in [0.4, 0.5) is 0 Å². The molecular weight excluding hydrogens is 268 g/mol. The Morgan fingerprint density at radius 3 is 2.32 bits per heavy atom. The first-order valence-electron chi connectivity index (χ1n) is 5.66. The van der Waals surface area contributed by atoms with Crippen molar-refractivity contribution >= 4 is 11.4 Å². The molecule has 0 fully saturated rings. The average Bonchev–Trinajstić information content (AvgIpc) is 2.83. The lowest BCUT2D eigenvalue weighted by atomic mass is 10.2. The van der Waals surface area contributed by atoms with E-state index in [0.29, 0.717) is 5.75 Å². The molecule has 0 saturated heterocycles. The van der Waals surface area contributed by atoms with Crippen LogP contribution in [-0.2, 0) is 25.5 Å². The predicted molar refractivity (Wildman–Crippen MR) is 70.0 cm³/mol. The zero-order chi connectivity index (χ0) is 14.2. The van der Waals surface area contributed by atoms with E-state index in [9.17, 15) is 4.21 Å². The molecule has 104 valence electrons. The molecule has 19 heavy (non-hydrogen) atoms. The van der Waals surface area contributed by atoms with Gasteiger partial charge in [-0.1, -0.05) is 0 Å². The van der Waals surface area contributed by atoms with E-state index in [4.69, 9.17) is 8.37 Å². The van der Waals surface area contributed by atoms with Gasteiger partial charge in [0, 0.05) is 25.4 Å². The summed E-state index contributed by atoms with van der Waals surface area (Å²) in [5, 5.41) is 3.86. The highest BCUT2D eigenvalue weighted by Crippen LogP contribution is 2.28. The van der Waals surface area contributed by atoms with Crippen LogP contribution in [0.3, 0.4) is 0 Å². The van der Waals surface area contributed by atoms with Crippen molar-refractivity contribution < 1.29 is 12.6 Å². The van der Waals surface area contributed by atoms with E-state index < -0.39 is 11.4 Å². The van der Waals surface area contributed by atoms with Gasteiger partial charge < -0.3 is 12.9 Å². The summed E-state index contributed by atoms with van der Waals surface area (Å²) >= 11 is -1.98. The highest BCUT2D eigenvalue weighted by atomic mass is 32.2. The van der Waals surface area contributed by atoms with E-state index in [1.54, 1.807) is 7.05 Å². The van der Waals surface area contributed by atoms with E-state index in [2.05, 4.69) is 10.1 Å². The first-order valence-corrected chi connectivity index (χ1v) is 6.66. The lowest BCUT2D eigenvalue weighted by molar-refractivity contribution is 0.439. The first kappa shape index (κ1) is 13.6. The maximum absolute atomic E-state index is 11.8. The molecule has 0 amide bonds. The molecular formula is C11H16N4O3S. The molecule has 2 aromatic rings. The largest absolute Gasteiger partial charge is 0.420 e. The molecule has 0 spiro atoms. The zero-order valence-electron chi connectivity index (χ0n) is 11.5. The van der Waals surface area contributed by atoms with Crippen LogP contribution in [0, 0.1) is 20.8 Å². The molecule has 0 radical (unpaired) electrons. The van der Waals surface area contributed by atoms with E-state index in [1.165, 1.54) is 11.0 Å². The quantitative estimate of drug-likeness (QED) is 0.841. The molecule has 0 bridgehead atoms. The minimum Gasteiger partial charge on any atom is -0.369 e. The van der Waals surface area contributed by atoms with Gasteiger partial charge >= 0.3 is 17.4 Å². The van der Waals surface area contributed by atoms with Gasteiger partial charge in [-0.3, -0.25) is 4.68 Å². The van der Waals surface area contributed by atoms with Gasteiger partial charge in [-0.2, -0.15) is 9.19 Å². The molecule has 0 aromatic carbocycles. The minimum atomic E-state index is -1.98. The molecule has 1 unspecified atom stereocenters. The fraction of sp³-hybridized carbons (Fsp3) is 0.455. The van der Waals surface area contributed by atoms with Crippen molar-refractivity contribution in [3.63, 3.8) is 0 Å². The van der Waals surface area contributed by atoms with Gasteiger partial charge in [-0.15, -0.1) is 5.10 Å². The molecule has 7 nitrogen and oxygen atoms in total. The second-order valence-electron chi connectivity index (χ2n) is 4.26. The van der Waals surface area contributed by atoms with E-state index in [-0.39, 0.29) is 6.01 Å². The van der Waals surface area contributed by atoms with Crippen LogP contribution in [0.15, 0.2) is 6.33 Å². The molecule has 0 saturated carbocycles. The van der Waals surface area contributed by atoms with Gasteiger partial charge in [-0.05, 0) is 20.8 Å². The molecule has 0 aliphatic heterocycles. The monoisotopic (exact) mass is 284 g/mol. The Kier molecular flexibility index (Phi) is 3.61. The smallest absolute Gasteiger partial charge is 0.369 e. The maximum Gasteiger partial charge on any atom is 0.420 e. The van der Waals surface area contributed by atoms with Gasteiger partial charge in [0.25, 0.3) is 0 Å². The van der Waals surface area contributed by atoms with Gasteiger partial charge in [0.05, 0.1) is 5.69 Å². The van der Waals surface area contributed by atoms with Crippen LogP contribution in [-0.4, -0.2) is 23.5 Å².